The molecular formula is C11H20N2. The Bertz CT molecular complexity index is 172. The number of nitriles is 1. The predicted molar refractivity (Wildman–Crippen MR) is 54.3 cm³/mol. The van der Waals surface area contributed by atoms with Crippen LogP contribution in [0.1, 0.15) is 51.9 Å². The maximum Gasteiger partial charge on any atom is 0.0621 e. The number of nitrogens with zero attached hydrogens (tertiary/aromatic N) is 1. The average molecular weight is 180 g/mol. The van der Waals surface area contributed by atoms with Gasteiger partial charge in [-0.15, -0.1) is 0 Å². The number of rotatable bonds is 6. The first-order valence-electron chi connectivity index (χ1n) is 5.45. The molecule has 0 spiro atoms. The molecular weight excluding hydrogens is 160 g/mol. The van der Waals surface area contributed by atoms with Gasteiger partial charge in [0.25, 0.3) is 0 Å². The first-order valence-corrected chi connectivity index (χ1v) is 5.45. The molecule has 13 heavy (non-hydrogen) atoms. The lowest BCUT2D eigenvalue weighted by atomic mass is 9.75. The van der Waals surface area contributed by atoms with Crippen LogP contribution in [0.25, 0.3) is 0 Å². The van der Waals surface area contributed by atoms with E-state index in [-0.39, 0.29) is 0 Å². The van der Waals surface area contributed by atoms with Crippen molar-refractivity contribution < 1.29 is 0 Å². The summed E-state index contributed by atoms with van der Waals surface area (Å²) in [6.07, 6.45) is 8.24. The summed E-state index contributed by atoms with van der Waals surface area (Å²) in [6.45, 7) is 3.36. The first kappa shape index (κ1) is 10.5. The fourth-order valence-electron chi connectivity index (χ4n) is 1.94. The van der Waals surface area contributed by atoms with Crippen molar-refractivity contribution in [3.63, 3.8) is 0 Å². The Morgan fingerprint density at radius 1 is 1.38 bits per heavy atom. The summed E-state index contributed by atoms with van der Waals surface area (Å²) in [5.41, 5.74) is 0.479. The zero-order valence-corrected chi connectivity index (χ0v) is 8.60. The van der Waals surface area contributed by atoms with Gasteiger partial charge in [-0.2, -0.15) is 5.26 Å². The minimum atomic E-state index is 0.479. The van der Waals surface area contributed by atoms with E-state index in [4.69, 9.17) is 5.26 Å². The molecule has 1 saturated carbocycles. The Kier molecular flexibility index (Phi) is 4.24. The quantitative estimate of drug-likeness (QED) is 0.638. The highest BCUT2D eigenvalue weighted by Crippen LogP contribution is 2.34. The highest BCUT2D eigenvalue weighted by Gasteiger charge is 2.33. The zero-order chi connectivity index (χ0) is 9.57. The van der Waals surface area contributed by atoms with Crippen LogP contribution in [0.4, 0.5) is 0 Å². The Morgan fingerprint density at radius 3 is 2.62 bits per heavy atom. The number of nitrogens with one attached hydrogen (secondary N) is 1. The molecule has 0 unspecified atom stereocenters. The number of hydrogen-bond donors (Lipinski definition) is 1. The maximum absolute atomic E-state index is 8.36. The molecule has 1 N–H and O–H groups in total. The van der Waals surface area contributed by atoms with Crippen LogP contribution in [0.2, 0.25) is 0 Å². The van der Waals surface area contributed by atoms with E-state index in [2.05, 4.69) is 18.3 Å². The minimum Gasteiger partial charge on any atom is -0.311 e. The molecule has 0 aromatic heterocycles. The second-order valence-electron chi connectivity index (χ2n) is 4.03. The van der Waals surface area contributed by atoms with Gasteiger partial charge in [-0.1, -0.05) is 6.92 Å². The van der Waals surface area contributed by atoms with Gasteiger partial charge in [-0.3, -0.25) is 0 Å². The molecule has 2 heteroatoms. The van der Waals surface area contributed by atoms with Crippen LogP contribution in [0.3, 0.4) is 0 Å². The largest absolute Gasteiger partial charge is 0.311 e. The van der Waals surface area contributed by atoms with E-state index in [1.807, 2.05) is 0 Å². The van der Waals surface area contributed by atoms with Crippen LogP contribution in [-0.4, -0.2) is 12.1 Å². The van der Waals surface area contributed by atoms with Gasteiger partial charge in [0.2, 0.25) is 0 Å². The smallest absolute Gasteiger partial charge is 0.0621 e. The van der Waals surface area contributed by atoms with Gasteiger partial charge in [0.15, 0.2) is 0 Å². The maximum atomic E-state index is 8.36. The van der Waals surface area contributed by atoms with Gasteiger partial charge in [0, 0.05) is 12.0 Å². The Balaban J connectivity index is 2.01. The second kappa shape index (κ2) is 5.24. The third kappa shape index (κ3) is 3.00. The molecule has 2 nitrogen and oxygen atoms in total. The van der Waals surface area contributed by atoms with Crippen molar-refractivity contribution in [1.82, 2.24) is 5.32 Å². The molecule has 0 amide bonds. The summed E-state index contributed by atoms with van der Waals surface area (Å²) in [6, 6.07) is 2.18. The standard InChI is InChI=1S/C11H20N2/c1-2-11(7-6-8-11)13-10-5-3-4-9-12/h13H,2-8,10H2,1H3. The summed E-state index contributed by atoms with van der Waals surface area (Å²) in [5, 5.41) is 12.0. The van der Waals surface area contributed by atoms with Gasteiger partial charge in [0.1, 0.15) is 0 Å². The second-order valence-corrected chi connectivity index (χ2v) is 4.03. The van der Waals surface area contributed by atoms with Crippen molar-refractivity contribution in [2.45, 2.75) is 57.4 Å². The van der Waals surface area contributed by atoms with Gasteiger partial charge in [-0.25, -0.2) is 0 Å². The Hall–Kier alpha value is -0.550. The third-order valence-electron chi connectivity index (χ3n) is 3.20. The molecule has 0 aliphatic heterocycles. The lowest BCUT2D eigenvalue weighted by Gasteiger charge is -2.42. The Morgan fingerprint density at radius 2 is 2.15 bits per heavy atom. The van der Waals surface area contributed by atoms with Crippen LogP contribution in [0.15, 0.2) is 0 Å². The fraction of sp³-hybridized carbons (Fsp3) is 0.909. The summed E-state index contributed by atoms with van der Waals surface area (Å²) < 4.78 is 0. The van der Waals surface area contributed by atoms with Crippen LogP contribution in [0, 0.1) is 11.3 Å². The average Bonchev–Trinajstić information content (AvgIpc) is 2.09. The molecule has 74 valence electrons. The van der Waals surface area contributed by atoms with E-state index >= 15 is 0 Å². The van der Waals surface area contributed by atoms with E-state index in [0.717, 1.165) is 19.4 Å². The van der Waals surface area contributed by atoms with Crippen LogP contribution >= 0.6 is 0 Å². The van der Waals surface area contributed by atoms with Gasteiger partial charge in [0.05, 0.1) is 6.07 Å². The predicted octanol–water partition coefficient (Wildman–Crippen LogP) is 2.60. The van der Waals surface area contributed by atoms with Crippen molar-refractivity contribution in [3.05, 3.63) is 0 Å². The molecule has 0 radical (unpaired) electrons. The van der Waals surface area contributed by atoms with Crippen LogP contribution in [-0.2, 0) is 0 Å². The normalized spacial score (nSPS) is 19.1. The van der Waals surface area contributed by atoms with E-state index < -0.39 is 0 Å². The van der Waals surface area contributed by atoms with Gasteiger partial charge >= 0.3 is 0 Å². The third-order valence-corrected chi connectivity index (χ3v) is 3.20. The molecule has 0 heterocycles. The van der Waals surface area contributed by atoms with E-state index in [9.17, 15) is 0 Å². The molecule has 0 aromatic rings. The van der Waals surface area contributed by atoms with Gasteiger partial charge < -0.3 is 5.32 Å². The lowest BCUT2D eigenvalue weighted by Crippen LogP contribution is -2.50. The highest BCUT2D eigenvalue weighted by atomic mass is 15.0. The van der Waals surface area contributed by atoms with Gasteiger partial charge in [-0.05, 0) is 45.1 Å². The van der Waals surface area contributed by atoms with Crippen LogP contribution in [0.5, 0.6) is 0 Å². The van der Waals surface area contributed by atoms with E-state index in [1.54, 1.807) is 0 Å². The van der Waals surface area contributed by atoms with Crippen molar-refractivity contribution in [2.24, 2.45) is 0 Å². The number of hydrogen-bond acceptors (Lipinski definition) is 2. The SMILES string of the molecule is CCC1(NCCCCC#N)CCC1. The van der Waals surface area contributed by atoms with Crippen molar-refractivity contribution in [3.8, 4) is 6.07 Å². The van der Waals surface area contributed by atoms with Crippen LogP contribution < -0.4 is 5.32 Å². The summed E-state index contributed by atoms with van der Waals surface area (Å²) in [4.78, 5) is 0. The summed E-state index contributed by atoms with van der Waals surface area (Å²) in [7, 11) is 0. The summed E-state index contributed by atoms with van der Waals surface area (Å²) in [5.74, 6) is 0. The van der Waals surface area contributed by atoms with E-state index in [1.165, 1.54) is 25.7 Å². The molecule has 1 rings (SSSR count). The van der Waals surface area contributed by atoms with Crippen molar-refractivity contribution in [1.29, 1.82) is 5.26 Å². The number of unbranched alkanes of at least 4 members (excludes halogenated alkanes) is 2. The molecule has 1 fully saturated rings. The Labute approximate surface area is 81.3 Å². The van der Waals surface area contributed by atoms with Crippen molar-refractivity contribution >= 4 is 0 Å². The van der Waals surface area contributed by atoms with E-state index in [0.29, 0.717) is 12.0 Å². The monoisotopic (exact) mass is 180 g/mol. The minimum absolute atomic E-state index is 0.479. The lowest BCUT2D eigenvalue weighted by molar-refractivity contribution is 0.177. The van der Waals surface area contributed by atoms with Crippen molar-refractivity contribution in [2.75, 3.05) is 6.54 Å². The fourth-order valence-corrected chi connectivity index (χ4v) is 1.94. The first-order chi connectivity index (χ1) is 6.33. The molecule has 1 aliphatic rings. The molecule has 0 atom stereocenters. The summed E-state index contributed by atoms with van der Waals surface area (Å²) >= 11 is 0. The topological polar surface area (TPSA) is 35.8 Å². The molecule has 0 bridgehead atoms. The zero-order valence-electron chi connectivity index (χ0n) is 8.60. The highest BCUT2D eigenvalue weighted by molar-refractivity contribution is 4.94. The molecule has 0 aromatic carbocycles. The molecule has 1 aliphatic carbocycles. The molecule has 0 saturated heterocycles.